The van der Waals surface area contributed by atoms with Gasteiger partial charge >= 0.3 is 0 Å². The molecule has 0 spiro atoms. The average molecular weight is 528 g/mol. The lowest BCUT2D eigenvalue weighted by atomic mass is 9.67. The number of hydrogen-bond donors (Lipinski definition) is 3. The van der Waals surface area contributed by atoms with Crippen molar-refractivity contribution in [2.24, 2.45) is 17.8 Å². The Hall–Kier alpha value is -2.22. The second kappa shape index (κ2) is 13.2. The number of allylic oxidation sites excluding steroid dienone is 2. The monoisotopic (exact) mass is 527 g/mol. The van der Waals surface area contributed by atoms with Crippen LogP contribution in [-0.4, -0.2) is 50.8 Å². The second-order valence-corrected chi connectivity index (χ2v) is 11.3. The molecular weight excluding hydrogens is 482 g/mol. The Kier molecular flexibility index (Phi) is 10.0. The van der Waals surface area contributed by atoms with E-state index >= 15 is 0 Å². The predicted molar refractivity (Wildman–Crippen MR) is 146 cm³/mol. The molecule has 3 aliphatic rings. The van der Waals surface area contributed by atoms with Crippen molar-refractivity contribution in [1.82, 2.24) is 4.90 Å². The summed E-state index contributed by atoms with van der Waals surface area (Å²) in [5.74, 6) is -0.533. The van der Waals surface area contributed by atoms with Crippen LogP contribution in [0.1, 0.15) is 102 Å². The number of rotatable bonds is 12. The molecule has 7 nitrogen and oxygen atoms in total. The van der Waals surface area contributed by atoms with Gasteiger partial charge in [0.2, 0.25) is 11.8 Å². The molecule has 1 saturated heterocycles. The molecule has 1 aliphatic heterocycles. The van der Waals surface area contributed by atoms with Crippen LogP contribution in [0, 0.1) is 17.8 Å². The molecule has 0 radical (unpaired) electrons. The number of amides is 2. The Bertz CT molecular complexity index is 1030. The van der Waals surface area contributed by atoms with Gasteiger partial charge in [-0.3, -0.25) is 14.5 Å². The minimum absolute atomic E-state index is 0.0219. The van der Waals surface area contributed by atoms with Crippen molar-refractivity contribution in [3.05, 3.63) is 40.4 Å². The summed E-state index contributed by atoms with van der Waals surface area (Å²) >= 11 is 0. The molecule has 0 unspecified atom stereocenters. The molecule has 1 aromatic heterocycles. The zero-order valence-electron chi connectivity index (χ0n) is 23.0. The number of aliphatic hydroxyl groups excluding tert-OH is 3. The molecule has 2 amide bonds. The molecule has 4 rings (SSSR count). The number of furan rings is 1. The number of carbonyl (C=O) groups is 2. The van der Waals surface area contributed by atoms with E-state index in [2.05, 4.69) is 13.8 Å². The van der Waals surface area contributed by atoms with Crippen LogP contribution in [0.4, 0.5) is 0 Å². The Labute approximate surface area is 226 Å². The molecular formula is C31H45NO6. The van der Waals surface area contributed by atoms with Gasteiger partial charge < -0.3 is 19.7 Å². The van der Waals surface area contributed by atoms with Crippen molar-refractivity contribution in [3.8, 4) is 0 Å². The smallest absolute Gasteiger partial charge is 0.234 e. The van der Waals surface area contributed by atoms with Crippen molar-refractivity contribution in [2.45, 2.75) is 110 Å². The lowest BCUT2D eigenvalue weighted by Gasteiger charge is -2.36. The van der Waals surface area contributed by atoms with Gasteiger partial charge in [-0.25, -0.2) is 0 Å². The maximum atomic E-state index is 13.7. The summed E-state index contributed by atoms with van der Waals surface area (Å²) in [6, 6.07) is 3.57. The van der Waals surface area contributed by atoms with E-state index in [-0.39, 0.29) is 31.1 Å². The van der Waals surface area contributed by atoms with Crippen LogP contribution in [0.5, 0.6) is 0 Å². The minimum atomic E-state index is -0.786. The van der Waals surface area contributed by atoms with Crippen LogP contribution in [0.25, 0.3) is 6.08 Å². The molecule has 0 bridgehead atoms. The zero-order chi connectivity index (χ0) is 27.2. The number of fused-ring (bicyclic) bond motifs is 1. The molecule has 1 saturated carbocycles. The maximum Gasteiger partial charge on any atom is 0.234 e. The molecule has 2 heterocycles. The van der Waals surface area contributed by atoms with Gasteiger partial charge in [0.05, 0.1) is 24.5 Å². The van der Waals surface area contributed by atoms with Crippen LogP contribution in [-0.2, 0) is 16.2 Å². The molecule has 4 atom stereocenters. The van der Waals surface area contributed by atoms with Crippen molar-refractivity contribution >= 4 is 17.9 Å². The molecule has 0 aromatic carbocycles. The first-order valence-corrected chi connectivity index (χ1v) is 14.7. The van der Waals surface area contributed by atoms with Gasteiger partial charge in [0, 0.05) is 12.0 Å². The topological polar surface area (TPSA) is 111 Å². The summed E-state index contributed by atoms with van der Waals surface area (Å²) in [5.41, 5.74) is 2.98. The van der Waals surface area contributed by atoms with Gasteiger partial charge in [-0.15, -0.1) is 0 Å². The van der Waals surface area contributed by atoms with E-state index in [1.54, 1.807) is 11.0 Å². The average Bonchev–Trinajstić information content (AvgIpc) is 3.48. The highest BCUT2D eigenvalue weighted by molar-refractivity contribution is 6.06. The summed E-state index contributed by atoms with van der Waals surface area (Å²) in [5, 5.41) is 31.4. The third-order valence-electron chi connectivity index (χ3n) is 8.76. The second-order valence-electron chi connectivity index (χ2n) is 11.3. The van der Waals surface area contributed by atoms with Gasteiger partial charge in [-0.2, -0.15) is 0 Å². The summed E-state index contributed by atoms with van der Waals surface area (Å²) in [7, 11) is 0. The minimum Gasteiger partial charge on any atom is -0.459 e. The Balaban J connectivity index is 1.56. The summed E-state index contributed by atoms with van der Waals surface area (Å²) in [6.07, 6.45) is 11.2. The van der Waals surface area contributed by atoms with E-state index in [9.17, 15) is 24.9 Å². The van der Waals surface area contributed by atoms with Crippen molar-refractivity contribution in [1.29, 1.82) is 0 Å². The van der Waals surface area contributed by atoms with E-state index in [0.717, 1.165) is 74.5 Å². The van der Waals surface area contributed by atoms with E-state index < -0.39 is 23.9 Å². The zero-order valence-corrected chi connectivity index (χ0v) is 23.0. The third kappa shape index (κ3) is 6.00. The van der Waals surface area contributed by atoms with Crippen molar-refractivity contribution < 1.29 is 29.3 Å². The Morgan fingerprint density at radius 3 is 2.47 bits per heavy atom. The van der Waals surface area contributed by atoms with Gasteiger partial charge in [-0.1, -0.05) is 57.1 Å². The molecule has 3 N–H and O–H groups in total. The van der Waals surface area contributed by atoms with E-state index in [0.29, 0.717) is 30.8 Å². The van der Waals surface area contributed by atoms with Crippen LogP contribution in [0.2, 0.25) is 0 Å². The SMILES string of the molecule is CCCC1=C([C@H](O)CC/C(=C/c2ccc(CO)o2)CCC)[C@H](CO)[C@@H]2C(=O)N(C3CCCCC3)C(=O)[C@@H]2C1. The Morgan fingerprint density at radius 1 is 1.08 bits per heavy atom. The predicted octanol–water partition coefficient (Wildman–Crippen LogP) is 5.14. The quantitative estimate of drug-likeness (QED) is 0.256. The van der Waals surface area contributed by atoms with Gasteiger partial charge in [0.15, 0.2) is 0 Å². The molecule has 1 aromatic rings. The maximum absolute atomic E-state index is 13.7. The fraction of sp³-hybridized carbons (Fsp3) is 0.677. The normalized spacial score (nSPS) is 25.9. The van der Waals surface area contributed by atoms with Crippen LogP contribution in [0.15, 0.2) is 33.3 Å². The molecule has 2 fully saturated rings. The fourth-order valence-corrected chi connectivity index (χ4v) is 7.05. The summed E-state index contributed by atoms with van der Waals surface area (Å²) in [4.78, 5) is 28.8. The highest BCUT2D eigenvalue weighted by Crippen LogP contribution is 2.48. The van der Waals surface area contributed by atoms with Crippen LogP contribution >= 0.6 is 0 Å². The van der Waals surface area contributed by atoms with Crippen LogP contribution in [0.3, 0.4) is 0 Å². The Morgan fingerprint density at radius 2 is 1.84 bits per heavy atom. The highest BCUT2D eigenvalue weighted by atomic mass is 16.4. The fourth-order valence-electron chi connectivity index (χ4n) is 7.05. The summed E-state index contributed by atoms with van der Waals surface area (Å²) < 4.78 is 5.64. The largest absolute Gasteiger partial charge is 0.459 e. The number of carbonyl (C=O) groups excluding carboxylic acids is 2. The number of imide groups is 1. The number of aliphatic hydroxyl groups is 3. The first-order chi connectivity index (χ1) is 18.4. The lowest BCUT2D eigenvalue weighted by Crippen LogP contribution is -2.42. The number of hydrogen-bond acceptors (Lipinski definition) is 6. The van der Waals surface area contributed by atoms with Gasteiger partial charge in [0.1, 0.15) is 18.1 Å². The first-order valence-electron chi connectivity index (χ1n) is 14.7. The van der Waals surface area contributed by atoms with Gasteiger partial charge in [-0.05, 0) is 68.7 Å². The molecule has 38 heavy (non-hydrogen) atoms. The first kappa shape index (κ1) is 28.8. The number of nitrogens with zero attached hydrogens (tertiary/aromatic N) is 1. The standard InChI is InChI=1S/C31H45NO6/c1-3-8-20(16-23-13-14-24(18-33)38-23)12-15-27(35)28-21(9-4-2)17-25-29(26(28)19-34)31(37)32(30(25)36)22-10-6-5-7-11-22/h13-14,16,22,25-27,29,33-35H,3-12,15,17-19H2,1-2H3/b20-16+/t25-,26+,27-,29-/m1/s1. The highest BCUT2D eigenvalue weighted by Gasteiger charge is 2.56. The van der Waals surface area contributed by atoms with Crippen molar-refractivity contribution in [3.63, 3.8) is 0 Å². The van der Waals surface area contributed by atoms with Crippen molar-refractivity contribution in [2.75, 3.05) is 6.61 Å². The molecule has 7 heteroatoms. The van der Waals surface area contributed by atoms with Crippen LogP contribution < -0.4 is 0 Å². The van der Waals surface area contributed by atoms with E-state index in [1.807, 2.05) is 12.1 Å². The summed E-state index contributed by atoms with van der Waals surface area (Å²) in [6.45, 7) is 3.80. The molecule has 210 valence electrons. The van der Waals surface area contributed by atoms with Gasteiger partial charge in [0.25, 0.3) is 0 Å². The molecule has 2 aliphatic carbocycles. The number of likely N-dealkylation sites (tertiary alicyclic amines) is 1. The lowest BCUT2D eigenvalue weighted by molar-refractivity contribution is -0.143. The third-order valence-corrected chi connectivity index (χ3v) is 8.76. The van der Waals surface area contributed by atoms with E-state index in [4.69, 9.17) is 4.42 Å². The van der Waals surface area contributed by atoms with E-state index in [1.165, 1.54) is 0 Å².